The van der Waals surface area contributed by atoms with Crippen molar-refractivity contribution in [2.75, 3.05) is 26.3 Å². The predicted octanol–water partition coefficient (Wildman–Crippen LogP) is 0.987. The Morgan fingerprint density at radius 3 is 2.29 bits per heavy atom. The van der Waals surface area contributed by atoms with Crippen LogP contribution in [-0.4, -0.2) is 62.9 Å². The van der Waals surface area contributed by atoms with Crippen molar-refractivity contribution in [2.24, 2.45) is 5.92 Å². The summed E-state index contributed by atoms with van der Waals surface area (Å²) in [6, 6.07) is 5.11. The van der Waals surface area contributed by atoms with Crippen LogP contribution < -0.4 is 10.6 Å². The van der Waals surface area contributed by atoms with Gasteiger partial charge in [-0.2, -0.15) is 4.31 Å². The van der Waals surface area contributed by atoms with Crippen molar-refractivity contribution in [2.45, 2.75) is 44.7 Å². The minimum absolute atomic E-state index is 0.0485. The zero-order valence-corrected chi connectivity index (χ0v) is 17.6. The molecule has 1 aromatic carbocycles. The lowest BCUT2D eigenvalue weighted by atomic mass is 10.0. The first kappa shape index (κ1) is 22.3. The molecule has 1 aromatic rings. The van der Waals surface area contributed by atoms with Crippen molar-refractivity contribution in [3.8, 4) is 0 Å². The molecule has 1 saturated heterocycles. The molecule has 0 saturated carbocycles. The maximum absolute atomic E-state index is 12.8. The van der Waals surface area contributed by atoms with Crippen LogP contribution in [0.2, 0.25) is 0 Å². The third-order valence-electron chi connectivity index (χ3n) is 4.37. The zero-order valence-electron chi connectivity index (χ0n) is 16.8. The number of nitrogens with one attached hydrogen (secondary N) is 2. The highest BCUT2D eigenvalue weighted by Gasteiger charge is 2.28. The van der Waals surface area contributed by atoms with E-state index < -0.39 is 22.0 Å². The van der Waals surface area contributed by atoms with Gasteiger partial charge in [-0.3, -0.25) is 9.59 Å². The van der Waals surface area contributed by atoms with Gasteiger partial charge in [0.2, 0.25) is 15.9 Å². The van der Waals surface area contributed by atoms with E-state index in [4.69, 9.17) is 4.74 Å². The number of ether oxygens (including phenoxy) is 1. The maximum atomic E-state index is 12.8. The Kier molecular flexibility index (Phi) is 7.56. The Morgan fingerprint density at radius 1 is 1.07 bits per heavy atom. The molecule has 1 atom stereocenters. The normalized spacial score (nSPS) is 16.8. The van der Waals surface area contributed by atoms with Gasteiger partial charge in [0.1, 0.15) is 6.04 Å². The van der Waals surface area contributed by atoms with E-state index in [2.05, 4.69) is 10.6 Å². The summed E-state index contributed by atoms with van der Waals surface area (Å²) < 4.78 is 32.1. The maximum Gasteiger partial charge on any atom is 0.251 e. The third kappa shape index (κ3) is 5.52. The monoisotopic (exact) mass is 411 g/mol. The number of sulfonamides is 1. The van der Waals surface area contributed by atoms with E-state index in [1.807, 2.05) is 27.7 Å². The highest BCUT2D eigenvalue weighted by molar-refractivity contribution is 7.89. The van der Waals surface area contributed by atoms with Crippen molar-refractivity contribution in [1.82, 2.24) is 14.9 Å². The molecular formula is C19H29N3O5S. The molecule has 1 heterocycles. The van der Waals surface area contributed by atoms with Gasteiger partial charge >= 0.3 is 0 Å². The molecule has 1 aliphatic heterocycles. The van der Waals surface area contributed by atoms with Crippen LogP contribution >= 0.6 is 0 Å². The molecule has 0 spiro atoms. The molecule has 8 nitrogen and oxygen atoms in total. The lowest BCUT2D eigenvalue weighted by Gasteiger charge is -2.26. The Hall–Kier alpha value is -1.97. The van der Waals surface area contributed by atoms with E-state index in [1.165, 1.54) is 28.6 Å². The van der Waals surface area contributed by atoms with Gasteiger partial charge in [-0.05, 0) is 38.0 Å². The lowest BCUT2D eigenvalue weighted by molar-refractivity contribution is -0.124. The number of morpholine rings is 1. The Balaban J connectivity index is 2.20. The Labute approximate surface area is 166 Å². The summed E-state index contributed by atoms with van der Waals surface area (Å²) in [5, 5.41) is 5.51. The first-order valence-electron chi connectivity index (χ1n) is 9.42. The van der Waals surface area contributed by atoms with Crippen LogP contribution in [0, 0.1) is 5.92 Å². The Bertz CT molecular complexity index is 802. The molecule has 1 aliphatic rings. The fourth-order valence-electron chi connectivity index (χ4n) is 2.87. The molecule has 0 aliphatic carbocycles. The summed E-state index contributed by atoms with van der Waals surface area (Å²) in [4.78, 5) is 25.1. The van der Waals surface area contributed by atoms with Crippen LogP contribution in [0.3, 0.4) is 0 Å². The summed E-state index contributed by atoms with van der Waals surface area (Å²) in [5.74, 6) is -0.880. The number of benzene rings is 1. The predicted molar refractivity (Wildman–Crippen MR) is 105 cm³/mol. The van der Waals surface area contributed by atoms with Crippen molar-refractivity contribution >= 4 is 21.8 Å². The van der Waals surface area contributed by atoms with Crippen LogP contribution in [0.4, 0.5) is 0 Å². The highest BCUT2D eigenvalue weighted by atomic mass is 32.2. The van der Waals surface area contributed by atoms with E-state index in [9.17, 15) is 18.0 Å². The summed E-state index contributed by atoms with van der Waals surface area (Å²) in [5.41, 5.74) is 0.192. The van der Waals surface area contributed by atoms with Crippen LogP contribution in [0.25, 0.3) is 0 Å². The smallest absolute Gasteiger partial charge is 0.251 e. The van der Waals surface area contributed by atoms with Crippen molar-refractivity contribution in [3.05, 3.63) is 29.8 Å². The number of carbonyl (C=O) groups is 2. The molecule has 9 heteroatoms. The van der Waals surface area contributed by atoms with Gasteiger partial charge < -0.3 is 15.4 Å². The summed E-state index contributed by atoms with van der Waals surface area (Å²) in [7, 11) is -3.70. The van der Waals surface area contributed by atoms with Gasteiger partial charge in [0.05, 0.1) is 18.1 Å². The minimum Gasteiger partial charge on any atom is -0.379 e. The minimum atomic E-state index is -3.70. The molecule has 156 valence electrons. The van der Waals surface area contributed by atoms with Crippen molar-refractivity contribution in [3.63, 3.8) is 0 Å². The zero-order chi connectivity index (χ0) is 20.9. The van der Waals surface area contributed by atoms with Gasteiger partial charge in [-0.15, -0.1) is 0 Å². The topological polar surface area (TPSA) is 105 Å². The summed E-state index contributed by atoms with van der Waals surface area (Å²) >= 11 is 0. The number of hydrogen-bond donors (Lipinski definition) is 2. The van der Waals surface area contributed by atoms with Gasteiger partial charge in [0.15, 0.2) is 0 Å². The molecular weight excluding hydrogens is 382 g/mol. The van der Waals surface area contributed by atoms with E-state index in [0.29, 0.717) is 13.2 Å². The molecule has 2 amide bonds. The summed E-state index contributed by atoms with van der Waals surface area (Å²) in [6.07, 6.45) is 0. The van der Waals surface area contributed by atoms with E-state index in [1.54, 1.807) is 0 Å². The fraction of sp³-hybridized carbons (Fsp3) is 0.579. The quantitative estimate of drug-likeness (QED) is 0.696. The van der Waals surface area contributed by atoms with E-state index in [-0.39, 0.29) is 41.4 Å². The van der Waals surface area contributed by atoms with E-state index in [0.717, 1.165) is 0 Å². The average molecular weight is 412 g/mol. The number of hydrogen-bond acceptors (Lipinski definition) is 5. The first-order valence-corrected chi connectivity index (χ1v) is 10.9. The van der Waals surface area contributed by atoms with E-state index >= 15 is 0 Å². The lowest BCUT2D eigenvalue weighted by Crippen LogP contribution is -2.51. The van der Waals surface area contributed by atoms with Gasteiger partial charge in [0, 0.05) is 24.7 Å². The van der Waals surface area contributed by atoms with Gasteiger partial charge in [-0.25, -0.2) is 8.42 Å². The standard InChI is InChI=1S/C19H29N3O5S/c1-13(2)17(19(24)20-14(3)4)21-18(23)15-6-5-7-16(12-15)28(25,26)22-8-10-27-11-9-22/h5-7,12-14,17H,8-11H2,1-4H3,(H,20,24)(H,21,23)/t17-/m0/s1. The highest BCUT2D eigenvalue weighted by Crippen LogP contribution is 2.18. The number of carbonyl (C=O) groups excluding carboxylic acids is 2. The fourth-order valence-corrected chi connectivity index (χ4v) is 4.32. The SMILES string of the molecule is CC(C)NC(=O)[C@@H](NC(=O)c1cccc(S(=O)(=O)N2CCOCC2)c1)C(C)C. The van der Waals surface area contributed by atoms with Crippen LogP contribution in [-0.2, 0) is 19.6 Å². The molecule has 28 heavy (non-hydrogen) atoms. The van der Waals surface area contributed by atoms with Crippen molar-refractivity contribution in [1.29, 1.82) is 0 Å². The van der Waals surface area contributed by atoms with Crippen LogP contribution in [0.15, 0.2) is 29.2 Å². The van der Waals surface area contributed by atoms with Crippen LogP contribution in [0.5, 0.6) is 0 Å². The molecule has 2 N–H and O–H groups in total. The average Bonchev–Trinajstić information content (AvgIpc) is 2.65. The van der Waals surface area contributed by atoms with Crippen LogP contribution in [0.1, 0.15) is 38.1 Å². The number of rotatable bonds is 7. The molecule has 0 bridgehead atoms. The molecule has 0 aromatic heterocycles. The largest absolute Gasteiger partial charge is 0.379 e. The van der Waals surface area contributed by atoms with Gasteiger partial charge in [0.25, 0.3) is 5.91 Å². The molecule has 0 unspecified atom stereocenters. The van der Waals surface area contributed by atoms with Crippen molar-refractivity contribution < 1.29 is 22.7 Å². The molecule has 1 fully saturated rings. The molecule has 2 rings (SSSR count). The Morgan fingerprint density at radius 2 is 1.71 bits per heavy atom. The second kappa shape index (κ2) is 9.49. The van der Waals surface area contributed by atoms with Gasteiger partial charge in [-0.1, -0.05) is 19.9 Å². The molecule has 0 radical (unpaired) electrons. The second-order valence-corrected chi connectivity index (χ2v) is 9.34. The number of amides is 2. The third-order valence-corrected chi connectivity index (χ3v) is 6.27. The second-order valence-electron chi connectivity index (χ2n) is 7.40. The number of nitrogens with zero attached hydrogens (tertiary/aromatic N) is 1. The first-order chi connectivity index (χ1) is 13.1. The summed E-state index contributed by atoms with van der Waals surface area (Å²) in [6.45, 7) is 8.62.